The SMILES string of the molecule is CC[C@H](C)[C@@H](C(=O)N[C@@H](Cc1ccccc1)[C@@H](O)CN(Cc1ccc(OC)c(C)c1)NC(=O)[C@@H](NC(=O)O)C(C)(C)C)N1CCN(Cc2cccc(C)n2)C1=O. The van der Waals surface area contributed by atoms with Crippen molar-refractivity contribution in [1.29, 1.82) is 0 Å². The van der Waals surface area contributed by atoms with Crippen LogP contribution in [0.5, 0.6) is 5.75 Å². The van der Waals surface area contributed by atoms with Crippen LogP contribution in [0.25, 0.3) is 0 Å². The first-order chi connectivity index (χ1) is 26.5. The van der Waals surface area contributed by atoms with Gasteiger partial charge in [-0.05, 0) is 66.5 Å². The lowest BCUT2D eigenvalue weighted by molar-refractivity contribution is -0.132. The molecule has 0 spiro atoms. The molecular formula is C42H59N7O7. The van der Waals surface area contributed by atoms with E-state index in [9.17, 15) is 29.4 Å². The van der Waals surface area contributed by atoms with Crippen molar-refractivity contribution in [2.45, 2.75) is 98.6 Å². The van der Waals surface area contributed by atoms with Gasteiger partial charge in [0.05, 0.1) is 31.5 Å². The maximum atomic E-state index is 14.4. The van der Waals surface area contributed by atoms with Crippen LogP contribution >= 0.6 is 0 Å². The van der Waals surface area contributed by atoms with Gasteiger partial charge in [0, 0.05) is 31.9 Å². The van der Waals surface area contributed by atoms with Gasteiger partial charge in [-0.1, -0.05) is 89.6 Å². The zero-order chi connectivity index (χ0) is 41.2. The molecule has 1 aromatic heterocycles. The molecule has 14 heteroatoms. The van der Waals surface area contributed by atoms with Crippen LogP contribution in [0.1, 0.15) is 69.1 Å². The van der Waals surface area contributed by atoms with Crippen LogP contribution in [0.4, 0.5) is 9.59 Å². The standard InChI is InChI=1S/C42H59N7O7/c1-9-27(2)36(49-21-20-47(41(49)55)25-32-17-13-14-29(4)43-32)38(51)44-33(23-30-15-11-10-12-16-30)34(50)26-48(24-31-18-19-35(56-8)28(3)22-31)46-39(52)37(42(5,6)7)45-40(53)54/h10-19,22,27,33-34,36-37,45,50H,9,20-21,23-26H2,1-8H3,(H,44,51)(H,46,52)(H,53,54)/t27-,33-,34-,36-,37+/m0/s1. The molecule has 0 aliphatic carbocycles. The second-order valence-electron chi connectivity index (χ2n) is 15.8. The smallest absolute Gasteiger partial charge is 0.405 e. The van der Waals surface area contributed by atoms with Crippen molar-refractivity contribution in [3.8, 4) is 5.75 Å². The van der Waals surface area contributed by atoms with E-state index in [0.717, 1.165) is 28.1 Å². The van der Waals surface area contributed by atoms with Crippen molar-refractivity contribution in [2.24, 2.45) is 11.3 Å². The summed E-state index contributed by atoms with van der Waals surface area (Å²) in [5.41, 5.74) is 6.24. The second kappa shape index (κ2) is 19.6. The van der Waals surface area contributed by atoms with Crippen molar-refractivity contribution in [2.75, 3.05) is 26.7 Å². The Kier molecular flexibility index (Phi) is 15.2. The summed E-state index contributed by atoms with van der Waals surface area (Å²) >= 11 is 0. The number of hydrogen-bond acceptors (Lipinski definition) is 8. The van der Waals surface area contributed by atoms with E-state index in [-0.39, 0.29) is 37.4 Å². The van der Waals surface area contributed by atoms with Crippen LogP contribution < -0.4 is 20.8 Å². The number of benzene rings is 2. The van der Waals surface area contributed by atoms with Crippen molar-refractivity contribution >= 4 is 23.9 Å². The Morgan fingerprint density at radius 2 is 1.68 bits per heavy atom. The highest BCUT2D eigenvalue weighted by Crippen LogP contribution is 2.24. The van der Waals surface area contributed by atoms with Crippen LogP contribution in [-0.4, -0.2) is 105 Å². The van der Waals surface area contributed by atoms with E-state index >= 15 is 0 Å². The van der Waals surface area contributed by atoms with Crippen molar-refractivity contribution in [3.05, 3.63) is 94.8 Å². The number of amides is 5. The lowest BCUT2D eigenvalue weighted by Gasteiger charge is -2.36. The number of nitrogens with one attached hydrogen (secondary N) is 3. The molecular weight excluding hydrogens is 715 g/mol. The van der Waals surface area contributed by atoms with E-state index in [4.69, 9.17) is 4.74 Å². The maximum Gasteiger partial charge on any atom is 0.405 e. The van der Waals surface area contributed by atoms with Gasteiger partial charge in [-0.3, -0.25) is 20.0 Å². The number of aryl methyl sites for hydroxylation is 2. The fourth-order valence-electron chi connectivity index (χ4n) is 7.02. The Labute approximate surface area is 330 Å². The minimum atomic E-state index is -1.34. The zero-order valence-electron chi connectivity index (χ0n) is 33.9. The van der Waals surface area contributed by atoms with Crippen LogP contribution in [0, 0.1) is 25.2 Å². The van der Waals surface area contributed by atoms with Crippen LogP contribution in [0.2, 0.25) is 0 Å². The topological polar surface area (TPSA) is 177 Å². The van der Waals surface area contributed by atoms with Crippen molar-refractivity contribution < 1.29 is 34.1 Å². The second-order valence-corrected chi connectivity index (χ2v) is 15.8. The molecule has 14 nitrogen and oxygen atoms in total. The molecule has 56 heavy (non-hydrogen) atoms. The highest BCUT2D eigenvalue weighted by molar-refractivity contribution is 5.88. The van der Waals surface area contributed by atoms with Gasteiger partial charge in [-0.25, -0.2) is 14.6 Å². The summed E-state index contributed by atoms with van der Waals surface area (Å²) in [5.74, 6) is -0.495. The molecule has 5 atom stereocenters. The monoisotopic (exact) mass is 773 g/mol. The lowest BCUT2D eigenvalue weighted by atomic mass is 9.86. The molecule has 5 N–H and O–H groups in total. The third-order valence-corrected chi connectivity index (χ3v) is 10.2. The Morgan fingerprint density at radius 3 is 2.29 bits per heavy atom. The molecule has 1 aliphatic heterocycles. The molecule has 0 saturated carbocycles. The highest BCUT2D eigenvalue weighted by atomic mass is 16.5. The average Bonchev–Trinajstić information content (AvgIpc) is 3.48. The van der Waals surface area contributed by atoms with Crippen LogP contribution in [0.3, 0.4) is 0 Å². The number of pyridine rings is 1. The normalized spacial score (nSPS) is 15.9. The summed E-state index contributed by atoms with van der Waals surface area (Å²) in [6.45, 7) is 14.1. The quantitative estimate of drug-likeness (QED) is 0.115. The number of nitrogens with zero attached hydrogens (tertiary/aromatic N) is 4. The first kappa shape index (κ1) is 43.5. The van der Waals surface area contributed by atoms with Gasteiger partial charge >= 0.3 is 12.1 Å². The van der Waals surface area contributed by atoms with E-state index in [1.165, 1.54) is 5.01 Å². The summed E-state index contributed by atoms with van der Waals surface area (Å²) in [6.07, 6.45) is -1.68. The number of aromatic nitrogens is 1. The van der Waals surface area contributed by atoms with Gasteiger partial charge in [0.2, 0.25) is 5.91 Å². The Bertz CT molecular complexity index is 1800. The summed E-state index contributed by atoms with van der Waals surface area (Å²) in [7, 11) is 1.58. The number of rotatable bonds is 18. The van der Waals surface area contributed by atoms with Gasteiger partial charge in [-0.15, -0.1) is 0 Å². The lowest BCUT2D eigenvalue weighted by Crippen LogP contribution is -2.60. The van der Waals surface area contributed by atoms with E-state index < -0.39 is 41.6 Å². The predicted molar refractivity (Wildman–Crippen MR) is 213 cm³/mol. The highest BCUT2D eigenvalue weighted by Gasteiger charge is 2.41. The van der Waals surface area contributed by atoms with Crippen molar-refractivity contribution in [1.82, 2.24) is 35.9 Å². The summed E-state index contributed by atoms with van der Waals surface area (Å²) in [5, 5.41) is 28.6. The van der Waals surface area contributed by atoms with E-state index in [1.807, 2.05) is 94.4 Å². The van der Waals surface area contributed by atoms with Gasteiger partial charge in [-0.2, -0.15) is 0 Å². The van der Waals surface area contributed by atoms with Gasteiger partial charge in [0.25, 0.3) is 5.91 Å². The molecule has 1 aliphatic rings. The molecule has 0 bridgehead atoms. The molecule has 1 saturated heterocycles. The van der Waals surface area contributed by atoms with E-state index in [0.29, 0.717) is 31.8 Å². The molecule has 0 radical (unpaired) electrons. The number of methoxy groups -OCH3 is 1. The van der Waals surface area contributed by atoms with Crippen LogP contribution in [-0.2, 0) is 29.1 Å². The third kappa shape index (κ3) is 11.9. The fourth-order valence-corrected chi connectivity index (χ4v) is 7.02. The summed E-state index contributed by atoms with van der Waals surface area (Å²) < 4.78 is 5.43. The molecule has 0 unspecified atom stereocenters. The molecule has 304 valence electrons. The van der Waals surface area contributed by atoms with Crippen LogP contribution in [0.15, 0.2) is 66.7 Å². The first-order valence-corrected chi connectivity index (χ1v) is 19.2. The molecule has 4 rings (SSSR count). The van der Waals surface area contributed by atoms with E-state index in [1.54, 1.807) is 37.7 Å². The Hall–Kier alpha value is -5.21. The number of hydrogen-bond donors (Lipinski definition) is 5. The number of aliphatic hydroxyl groups is 1. The number of hydrazine groups is 1. The number of urea groups is 1. The Morgan fingerprint density at radius 1 is 0.964 bits per heavy atom. The minimum Gasteiger partial charge on any atom is -0.496 e. The average molecular weight is 774 g/mol. The Balaban J connectivity index is 1.62. The fraction of sp³-hybridized carbons (Fsp3) is 0.500. The maximum absolute atomic E-state index is 14.4. The minimum absolute atomic E-state index is 0.132. The number of carbonyl (C=O) groups excluding carboxylic acids is 3. The molecule has 2 heterocycles. The third-order valence-electron chi connectivity index (χ3n) is 10.2. The predicted octanol–water partition coefficient (Wildman–Crippen LogP) is 4.66. The number of aliphatic hydroxyl groups excluding tert-OH is 1. The van der Waals surface area contributed by atoms with Gasteiger partial charge in [0.1, 0.15) is 17.8 Å². The van der Waals surface area contributed by atoms with E-state index in [2.05, 4.69) is 21.0 Å². The molecule has 2 aromatic carbocycles. The number of carbonyl (C=O) groups is 4. The first-order valence-electron chi connectivity index (χ1n) is 19.2. The molecule has 1 fully saturated rings. The largest absolute Gasteiger partial charge is 0.496 e. The summed E-state index contributed by atoms with van der Waals surface area (Å²) in [6, 6.07) is 17.7. The van der Waals surface area contributed by atoms with Gasteiger partial charge in [0.15, 0.2) is 0 Å². The zero-order valence-corrected chi connectivity index (χ0v) is 33.9. The number of carboxylic acid groups (broad SMARTS) is 1. The molecule has 3 aromatic rings. The number of ether oxygens (including phenoxy) is 1. The summed E-state index contributed by atoms with van der Waals surface area (Å²) in [4.78, 5) is 61.6. The van der Waals surface area contributed by atoms with Crippen molar-refractivity contribution in [3.63, 3.8) is 0 Å². The molecule has 5 amide bonds. The van der Waals surface area contributed by atoms with Gasteiger partial charge < -0.3 is 35.4 Å².